The molecule has 1 amide bonds. The first kappa shape index (κ1) is 27.3. The Balaban J connectivity index is 1.11. The van der Waals surface area contributed by atoms with E-state index in [-0.39, 0.29) is 17.2 Å². The Morgan fingerprint density at radius 3 is 2.38 bits per heavy atom. The fraction of sp³-hybridized carbons (Fsp3) is 0.767. The Bertz CT molecular complexity index is 967. The number of hydrogen-bond acceptors (Lipinski definition) is 2. The van der Waals surface area contributed by atoms with Crippen molar-refractivity contribution in [3.05, 3.63) is 29.8 Å². The molecule has 0 saturated heterocycles. The molecule has 2 nitrogen and oxygen atoms in total. The van der Waals surface area contributed by atoms with Crippen LogP contribution in [0.15, 0.2) is 29.2 Å². The van der Waals surface area contributed by atoms with Gasteiger partial charge >= 0.3 is 6.18 Å². The maximum atomic E-state index is 14.9. The number of rotatable bonds is 6. The van der Waals surface area contributed by atoms with E-state index >= 15 is 0 Å². The van der Waals surface area contributed by atoms with Gasteiger partial charge in [-0.2, -0.15) is 13.2 Å². The minimum atomic E-state index is -4.35. The lowest BCUT2D eigenvalue weighted by Gasteiger charge is -2.61. The summed E-state index contributed by atoms with van der Waals surface area (Å²) in [5, 5.41) is 0. The van der Waals surface area contributed by atoms with Gasteiger partial charge in [-0.1, -0.05) is 13.8 Å². The van der Waals surface area contributed by atoms with Crippen molar-refractivity contribution in [2.75, 3.05) is 0 Å². The van der Waals surface area contributed by atoms with E-state index in [1.807, 2.05) is 0 Å². The molecule has 7 heteroatoms. The number of carbonyl (C=O) groups is 1. The molecule has 8 unspecified atom stereocenters. The van der Waals surface area contributed by atoms with Crippen molar-refractivity contribution in [2.45, 2.75) is 108 Å². The van der Waals surface area contributed by atoms with E-state index in [9.17, 15) is 22.4 Å². The first-order chi connectivity index (χ1) is 17.5. The molecule has 5 rings (SSSR count). The van der Waals surface area contributed by atoms with Gasteiger partial charge in [0, 0.05) is 11.3 Å². The Kier molecular flexibility index (Phi) is 7.67. The first-order valence-electron chi connectivity index (χ1n) is 14.3. The predicted molar refractivity (Wildman–Crippen MR) is 139 cm³/mol. The minimum absolute atomic E-state index is 0.0716. The third kappa shape index (κ3) is 5.19. The highest BCUT2D eigenvalue weighted by Crippen LogP contribution is 2.68. The summed E-state index contributed by atoms with van der Waals surface area (Å²) in [7, 11) is 0. The van der Waals surface area contributed by atoms with Crippen molar-refractivity contribution in [2.24, 2.45) is 40.4 Å². The average Bonchev–Trinajstić information content (AvgIpc) is 3.18. The van der Waals surface area contributed by atoms with Crippen molar-refractivity contribution in [3.8, 4) is 0 Å². The topological polar surface area (TPSA) is 29.1 Å². The van der Waals surface area contributed by atoms with E-state index in [0.717, 1.165) is 68.0 Å². The minimum Gasteiger partial charge on any atom is -0.296 e. The summed E-state index contributed by atoms with van der Waals surface area (Å²) >= 11 is 1.08. The zero-order chi connectivity index (χ0) is 26.4. The number of benzene rings is 1. The Labute approximate surface area is 223 Å². The standard InChI is InChI=1S/C30H41F4NOS/c1-28-18-16-24-22(13-15-25-26(31)6-4-17-29(24,25)2)23(28)14-10-19(28)5-3-7-27(36)35-37-21-11-8-20(9-12-21)30(32,33)34/h8-9,11-12,19,22-26H,3-7,10,13-18H2,1-2H3,(H,35,36). The molecule has 8 atom stereocenters. The van der Waals surface area contributed by atoms with Crippen molar-refractivity contribution < 1.29 is 22.4 Å². The van der Waals surface area contributed by atoms with Crippen LogP contribution in [0.25, 0.3) is 0 Å². The fourth-order valence-electron chi connectivity index (χ4n) is 9.30. The van der Waals surface area contributed by atoms with Crippen LogP contribution in [0.1, 0.15) is 96.5 Å². The van der Waals surface area contributed by atoms with Crippen molar-refractivity contribution in [1.82, 2.24) is 4.72 Å². The quantitative estimate of drug-likeness (QED) is 0.289. The molecule has 0 aliphatic heterocycles. The highest BCUT2D eigenvalue weighted by Gasteiger charge is 2.60. The van der Waals surface area contributed by atoms with Crippen LogP contribution in [0.4, 0.5) is 17.6 Å². The van der Waals surface area contributed by atoms with E-state index in [4.69, 9.17) is 0 Å². The molecular weight excluding hydrogens is 498 g/mol. The van der Waals surface area contributed by atoms with Gasteiger partial charge in [-0.05, 0) is 147 Å². The maximum absolute atomic E-state index is 14.9. The van der Waals surface area contributed by atoms with E-state index < -0.39 is 17.9 Å². The van der Waals surface area contributed by atoms with E-state index in [1.165, 1.54) is 50.7 Å². The van der Waals surface area contributed by atoms with Gasteiger partial charge < -0.3 is 0 Å². The lowest BCUT2D eigenvalue weighted by Crippen LogP contribution is -2.54. The smallest absolute Gasteiger partial charge is 0.296 e. The number of carbonyl (C=O) groups excluding carboxylic acids is 1. The Hall–Kier alpha value is -1.24. The Morgan fingerprint density at radius 2 is 1.65 bits per heavy atom. The lowest BCUT2D eigenvalue weighted by atomic mass is 9.44. The summed E-state index contributed by atoms with van der Waals surface area (Å²) in [5.41, 5.74) is -0.171. The normalized spacial score (nSPS) is 39.4. The van der Waals surface area contributed by atoms with Crippen molar-refractivity contribution in [1.29, 1.82) is 0 Å². The third-order valence-corrected chi connectivity index (χ3v) is 12.0. The van der Waals surface area contributed by atoms with Crippen LogP contribution >= 0.6 is 11.9 Å². The number of amides is 1. The van der Waals surface area contributed by atoms with Gasteiger partial charge in [0.1, 0.15) is 6.17 Å². The molecule has 0 spiro atoms. The highest BCUT2D eigenvalue weighted by atomic mass is 32.2. The largest absolute Gasteiger partial charge is 0.416 e. The van der Waals surface area contributed by atoms with Crippen molar-refractivity contribution in [3.63, 3.8) is 0 Å². The van der Waals surface area contributed by atoms with Crippen LogP contribution in [0.3, 0.4) is 0 Å². The van der Waals surface area contributed by atoms with Gasteiger partial charge in [-0.3, -0.25) is 9.52 Å². The van der Waals surface area contributed by atoms with Gasteiger partial charge in [-0.25, -0.2) is 4.39 Å². The molecule has 0 heterocycles. The summed E-state index contributed by atoms with van der Waals surface area (Å²) in [5.74, 6) is 2.98. The van der Waals surface area contributed by atoms with Crippen LogP contribution in [0.2, 0.25) is 0 Å². The number of alkyl halides is 4. The highest BCUT2D eigenvalue weighted by molar-refractivity contribution is 7.98. The van der Waals surface area contributed by atoms with Gasteiger partial charge in [0.25, 0.3) is 0 Å². The number of halogens is 4. The molecule has 4 aliphatic rings. The zero-order valence-corrected chi connectivity index (χ0v) is 22.9. The van der Waals surface area contributed by atoms with E-state index in [1.54, 1.807) is 0 Å². The van der Waals surface area contributed by atoms with Gasteiger partial charge in [0.15, 0.2) is 0 Å². The van der Waals surface area contributed by atoms with Gasteiger partial charge in [0.05, 0.1) is 5.56 Å². The van der Waals surface area contributed by atoms with E-state index in [0.29, 0.717) is 28.6 Å². The summed E-state index contributed by atoms with van der Waals surface area (Å²) < 4.78 is 55.8. The average molecular weight is 540 g/mol. The summed E-state index contributed by atoms with van der Waals surface area (Å²) in [4.78, 5) is 13.0. The summed E-state index contributed by atoms with van der Waals surface area (Å²) in [6, 6.07) is 4.85. The molecule has 1 N–H and O–H groups in total. The van der Waals surface area contributed by atoms with Crippen LogP contribution in [0, 0.1) is 40.4 Å². The molecular formula is C30H41F4NOS. The van der Waals surface area contributed by atoms with E-state index in [2.05, 4.69) is 18.6 Å². The molecule has 0 radical (unpaired) electrons. The van der Waals surface area contributed by atoms with Crippen LogP contribution in [0.5, 0.6) is 0 Å². The summed E-state index contributed by atoms with van der Waals surface area (Å²) in [6.07, 6.45) is 7.61. The first-order valence-corrected chi connectivity index (χ1v) is 15.1. The number of fused-ring (bicyclic) bond motifs is 5. The van der Waals surface area contributed by atoms with Gasteiger partial charge in [0.2, 0.25) is 5.91 Å². The molecule has 1 aromatic rings. The molecule has 37 heavy (non-hydrogen) atoms. The molecule has 206 valence electrons. The second-order valence-corrected chi connectivity index (χ2v) is 13.7. The van der Waals surface area contributed by atoms with Crippen molar-refractivity contribution >= 4 is 17.9 Å². The van der Waals surface area contributed by atoms with Crippen LogP contribution < -0.4 is 4.72 Å². The SMILES string of the molecule is CC12CCC3C(CCC4C(F)CCCC43C)C1CCC2CCCC(=O)NSc1ccc(C(F)(F)F)cc1. The summed E-state index contributed by atoms with van der Waals surface area (Å²) in [6.45, 7) is 4.91. The molecule has 4 fully saturated rings. The number of hydrogen-bond donors (Lipinski definition) is 1. The molecule has 4 saturated carbocycles. The second-order valence-electron chi connectivity index (χ2n) is 12.8. The third-order valence-electron chi connectivity index (χ3n) is 11.2. The zero-order valence-electron chi connectivity index (χ0n) is 22.1. The molecule has 0 bridgehead atoms. The molecule has 0 aromatic heterocycles. The maximum Gasteiger partial charge on any atom is 0.416 e. The molecule has 4 aliphatic carbocycles. The predicted octanol–water partition coefficient (Wildman–Crippen LogP) is 9.00. The Morgan fingerprint density at radius 1 is 0.946 bits per heavy atom. The fourth-order valence-corrected chi connectivity index (χ4v) is 9.91. The second kappa shape index (κ2) is 10.4. The molecule has 1 aromatic carbocycles. The monoisotopic (exact) mass is 539 g/mol. The lowest BCUT2D eigenvalue weighted by molar-refractivity contribution is -0.137. The van der Waals surface area contributed by atoms with Gasteiger partial charge in [-0.15, -0.1) is 0 Å². The van der Waals surface area contributed by atoms with Crippen LogP contribution in [-0.4, -0.2) is 12.1 Å². The van der Waals surface area contributed by atoms with Crippen LogP contribution in [-0.2, 0) is 11.0 Å². The number of nitrogens with one attached hydrogen (secondary N) is 1.